The molecule has 1 heterocycles. The lowest BCUT2D eigenvalue weighted by molar-refractivity contribution is -0.384. The second-order valence-corrected chi connectivity index (χ2v) is 6.93. The van der Waals surface area contributed by atoms with Gasteiger partial charge in [0.15, 0.2) is 0 Å². The monoisotopic (exact) mass is 393 g/mol. The average molecular weight is 393 g/mol. The van der Waals surface area contributed by atoms with E-state index in [-0.39, 0.29) is 24.3 Å². The Morgan fingerprint density at radius 2 is 1.76 bits per heavy atom. The lowest BCUT2D eigenvalue weighted by atomic mass is 10.1. The maximum absolute atomic E-state index is 10.8. The largest absolute Gasteiger partial charge is 0.394 e. The van der Waals surface area contributed by atoms with Crippen molar-refractivity contribution in [1.29, 1.82) is 0 Å². The molecule has 150 valence electrons. The van der Waals surface area contributed by atoms with Crippen LogP contribution in [0.2, 0.25) is 0 Å². The number of nitro groups is 1. The Morgan fingerprint density at radius 3 is 2.34 bits per heavy atom. The number of hydrogen-bond acceptors (Lipinski definition) is 7. The van der Waals surface area contributed by atoms with Crippen molar-refractivity contribution < 1.29 is 10.0 Å². The summed E-state index contributed by atoms with van der Waals surface area (Å²) >= 11 is 0. The quantitative estimate of drug-likeness (QED) is 0.388. The number of benzene rings is 2. The number of nitro benzene ring substituents is 1. The van der Waals surface area contributed by atoms with E-state index in [1.54, 1.807) is 12.1 Å². The molecule has 3 rings (SSSR count). The van der Waals surface area contributed by atoms with Gasteiger partial charge in [0.05, 0.1) is 23.3 Å². The highest BCUT2D eigenvalue weighted by molar-refractivity contribution is 5.67. The highest BCUT2D eigenvalue weighted by Gasteiger charge is 2.15. The molecule has 8 nitrogen and oxygen atoms in total. The molecule has 1 aromatic heterocycles. The van der Waals surface area contributed by atoms with Gasteiger partial charge >= 0.3 is 0 Å². The third kappa shape index (κ3) is 5.26. The summed E-state index contributed by atoms with van der Waals surface area (Å²) in [5.41, 5.74) is 2.33. The fraction of sp³-hybridized carbons (Fsp3) is 0.238. The van der Waals surface area contributed by atoms with Crippen molar-refractivity contribution in [2.45, 2.75) is 19.9 Å². The van der Waals surface area contributed by atoms with Gasteiger partial charge in [0.25, 0.3) is 5.69 Å². The minimum Gasteiger partial charge on any atom is -0.394 e. The van der Waals surface area contributed by atoms with Crippen LogP contribution in [0.5, 0.6) is 0 Å². The molecular formula is C21H23N5O3. The number of aliphatic hydroxyl groups is 1. The third-order valence-corrected chi connectivity index (χ3v) is 4.46. The van der Waals surface area contributed by atoms with Gasteiger partial charge in [-0.05, 0) is 18.1 Å². The molecule has 29 heavy (non-hydrogen) atoms. The van der Waals surface area contributed by atoms with Crippen LogP contribution in [0.1, 0.15) is 13.8 Å². The van der Waals surface area contributed by atoms with Gasteiger partial charge in [-0.25, -0.2) is 4.98 Å². The summed E-state index contributed by atoms with van der Waals surface area (Å²) < 4.78 is 0. The van der Waals surface area contributed by atoms with Gasteiger partial charge in [-0.3, -0.25) is 10.1 Å². The van der Waals surface area contributed by atoms with Gasteiger partial charge in [-0.1, -0.05) is 44.2 Å². The maximum Gasteiger partial charge on any atom is 0.269 e. The van der Waals surface area contributed by atoms with E-state index in [1.807, 2.05) is 50.2 Å². The van der Waals surface area contributed by atoms with Gasteiger partial charge in [0, 0.05) is 29.4 Å². The Hall–Kier alpha value is -3.52. The number of anilines is 3. The molecule has 0 spiro atoms. The van der Waals surface area contributed by atoms with Crippen LogP contribution in [0.4, 0.5) is 23.1 Å². The predicted molar refractivity (Wildman–Crippen MR) is 113 cm³/mol. The van der Waals surface area contributed by atoms with Crippen LogP contribution < -0.4 is 10.6 Å². The summed E-state index contributed by atoms with van der Waals surface area (Å²) in [6.07, 6.45) is 0. The van der Waals surface area contributed by atoms with Crippen molar-refractivity contribution in [2.24, 2.45) is 5.92 Å². The zero-order valence-corrected chi connectivity index (χ0v) is 16.2. The number of nitrogens with one attached hydrogen (secondary N) is 2. The van der Waals surface area contributed by atoms with Gasteiger partial charge in [0.1, 0.15) is 5.82 Å². The second-order valence-electron chi connectivity index (χ2n) is 6.93. The number of nitrogens with zero attached hydrogens (tertiary/aromatic N) is 3. The van der Waals surface area contributed by atoms with E-state index in [4.69, 9.17) is 0 Å². The molecule has 0 aliphatic heterocycles. The van der Waals surface area contributed by atoms with Crippen molar-refractivity contribution >= 4 is 23.1 Å². The number of aromatic nitrogens is 2. The van der Waals surface area contributed by atoms with Gasteiger partial charge in [-0.15, -0.1) is 0 Å². The minimum atomic E-state index is -0.440. The van der Waals surface area contributed by atoms with Crippen LogP contribution in [0.15, 0.2) is 60.7 Å². The molecule has 0 bridgehead atoms. The topological polar surface area (TPSA) is 113 Å². The Labute approximate surface area is 168 Å². The van der Waals surface area contributed by atoms with E-state index < -0.39 is 4.92 Å². The van der Waals surface area contributed by atoms with E-state index in [2.05, 4.69) is 20.6 Å². The Bertz CT molecular complexity index is 962. The van der Waals surface area contributed by atoms with Crippen molar-refractivity contribution in [3.05, 3.63) is 70.8 Å². The van der Waals surface area contributed by atoms with Crippen LogP contribution in [0.3, 0.4) is 0 Å². The highest BCUT2D eigenvalue weighted by atomic mass is 16.6. The molecule has 0 unspecified atom stereocenters. The molecule has 8 heteroatoms. The van der Waals surface area contributed by atoms with Gasteiger partial charge in [0.2, 0.25) is 5.95 Å². The molecule has 0 aliphatic carbocycles. The normalized spacial score (nSPS) is 11.9. The fourth-order valence-corrected chi connectivity index (χ4v) is 2.74. The summed E-state index contributed by atoms with van der Waals surface area (Å²) in [5, 5.41) is 26.8. The molecule has 0 saturated heterocycles. The minimum absolute atomic E-state index is 0.0216. The lowest BCUT2D eigenvalue weighted by Gasteiger charge is -2.20. The maximum atomic E-state index is 10.8. The van der Waals surface area contributed by atoms with Crippen LogP contribution in [0, 0.1) is 16.0 Å². The Balaban J connectivity index is 1.94. The average Bonchev–Trinajstić information content (AvgIpc) is 2.72. The van der Waals surface area contributed by atoms with Crippen molar-refractivity contribution in [3.63, 3.8) is 0 Å². The standard InChI is InChI=1S/C21H23N5O3/c1-14(2)19(13-27)24-21-23-18(15-6-4-3-5-7-15)12-20(25-21)22-16-8-10-17(11-9-16)26(28)29/h3-12,14,19,27H,13H2,1-2H3,(H2,22,23,24,25)/t19-/m1/s1. The SMILES string of the molecule is CC(C)[C@@H](CO)Nc1nc(Nc2ccc([N+](=O)[O-])cc2)cc(-c2ccccc2)n1. The summed E-state index contributed by atoms with van der Waals surface area (Å²) in [7, 11) is 0. The van der Waals surface area contributed by atoms with Crippen molar-refractivity contribution in [2.75, 3.05) is 17.2 Å². The smallest absolute Gasteiger partial charge is 0.269 e. The zero-order valence-electron chi connectivity index (χ0n) is 16.2. The van der Waals surface area contributed by atoms with Crippen LogP contribution in [0.25, 0.3) is 11.3 Å². The van der Waals surface area contributed by atoms with E-state index in [0.29, 0.717) is 23.1 Å². The van der Waals surface area contributed by atoms with E-state index >= 15 is 0 Å². The molecule has 3 aromatic rings. The third-order valence-electron chi connectivity index (χ3n) is 4.46. The van der Waals surface area contributed by atoms with Crippen LogP contribution >= 0.6 is 0 Å². The summed E-state index contributed by atoms with van der Waals surface area (Å²) in [6.45, 7) is 3.97. The van der Waals surface area contributed by atoms with Gasteiger partial charge in [-0.2, -0.15) is 4.98 Å². The van der Waals surface area contributed by atoms with E-state index in [9.17, 15) is 15.2 Å². The molecular weight excluding hydrogens is 370 g/mol. The summed E-state index contributed by atoms with van der Waals surface area (Å²) in [5.74, 6) is 1.12. The molecule has 3 N–H and O–H groups in total. The van der Waals surface area contributed by atoms with E-state index in [1.165, 1.54) is 12.1 Å². The number of hydrogen-bond donors (Lipinski definition) is 3. The number of aliphatic hydroxyl groups excluding tert-OH is 1. The molecule has 0 fully saturated rings. The lowest BCUT2D eigenvalue weighted by Crippen LogP contribution is -2.30. The zero-order chi connectivity index (χ0) is 20.8. The van der Waals surface area contributed by atoms with Crippen molar-refractivity contribution in [1.82, 2.24) is 9.97 Å². The molecule has 0 amide bonds. The van der Waals surface area contributed by atoms with Crippen molar-refractivity contribution in [3.8, 4) is 11.3 Å². The molecule has 0 aliphatic rings. The Kier molecular flexibility index (Phi) is 6.36. The Morgan fingerprint density at radius 1 is 1.07 bits per heavy atom. The number of non-ortho nitro benzene ring substituents is 1. The first kappa shape index (κ1) is 20.2. The number of rotatable bonds is 8. The van der Waals surface area contributed by atoms with Crippen LogP contribution in [-0.2, 0) is 0 Å². The molecule has 0 radical (unpaired) electrons. The summed E-state index contributed by atoms with van der Waals surface area (Å²) in [6, 6.07) is 17.4. The summed E-state index contributed by atoms with van der Waals surface area (Å²) in [4.78, 5) is 19.5. The molecule has 2 aromatic carbocycles. The first-order valence-electron chi connectivity index (χ1n) is 9.29. The highest BCUT2D eigenvalue weighted by Crippen LogP contribution is 2.25. The van der Waals surface area contributed by atoms with E-state index in [0.717, 1.165) is 5.56 Å². The first-order chi connectivity index (χ1) is 14.0. The predicted octanol–water partition coefficient (Wildman–Crippen LogP) is 4.22. The first-order valence-corrected chi connectivity index (χ1v) is 9.29. The fourth-order valence-electron chi connectivity index (χ4n) is 2.74. The van der Waals surface area contributed by atoms with Gasteiger partial charge < -0.3 is 15.7 Å². The molecule has 1 atom stereocenters. The van der Waals surface area contributed by atoms with Crippen LogP contribution in [-0.4, -0.2) is 32.6 Å². The molecule has 0 saturated carbocycles. The second kappa shape index (κ2) is 9.11.